The molecule has 32 heavy (non-hydrogen) atoms. The average molecular weight is 442 g/mol. The van der Waals surface area contributed by atoms with Crippen molar-refractivity contribution in [3.63, 3.8) is 0 Å². The van der Waals surface area contributed by atoms with Crippen LogP contribution >= 0.6 is 0 Å². The molecule has 2 aliphatic rings. The van der Waals surface area contributed by atoms with Crippen molar-refractivity contribution in [2.75, 3.05) is 26.9 Å². The molecule has 3 heterocycles. The highest BCUT2D eigenvalue weighted by Crippen LogP contribution is 2.23. The number of benzene rings is 1. The minimum atomic E-state index is -0.315. The van der Waals surface area contributed by atoms with Gasteiger partial charge in [-0.3, -0.25) is 4.79 Å². The smallest absolute Gasteiger partial charge is 0.270 e. The van der Waals surface area contributed by atoms with Gasteiger partial charge in [0.15, 0.2) is 6.10 Å². The molecule has 170 valence electrons. The molecule has 2 N–H and O–H groups in total. The van der Waals surface area contributed by atoms with Gasteiger partial charge in [-0.15, -0.1) is 0 Å². The van der Waals surface area contributed by atoms with E-state index in [0.717, 1.165) is 11.3 Å². The van der Waals surface area contributed by atoms with E-state index in [1.165, 1.54) is 0 Å². The lowest BCUT2D eigenvalue weighted by atomic mass is 10.0. The Morgan fingerprint density at radius 3 is 2.84 bits per heavy atom. The highest BCUT2D eigenvalue weighted by molar-refractivity contribution is 6.02. The van der Waals surface area contributed by atoms with Gasteiger partial charge in [-0.1, -0.05) is 17.3 Å². The van der Waals surface area contributed by atoms with Crippen molar-refractivity contribution in [2.24, 2.45) is 5.16 Å². The Morgan fingerprint density at radius 1 is 1.22 bits per heavy atom. The number of rotatable bonds is 7. The molecular weight excluding hydrogens is 416 g/mol. The quantitative estimate of drug-likeness (QED) is 0.651. The second kappa shape index (κ2) is 10.0. The van der Waals surface area contributed by atoms with E-state index in [9.17, 15) is 4.79 Å². The van der Waals surface area contributed by atoms with Gasteiger partial charge in [0.1, 0.15) is 35.2 Å². The number of aliphatic hydroxyl groups excluding tert-OH is 1. The molecule has 1 unspecified atom stereocenters. The lowest BCUT2D eigenvalue weighted by molar-refractivity contribution is -0.178. The third-order valence-corrected chi connectivity index (χ3v) is 5.26. The molecule has 10 nitrogen and oxygen atoms in total. The van der Waals surface area contributed by atoms with Crippen molar-refractivity contribution in [2.45, 2.75) is 38.2 Å². The summed E-state index contributed by atoms with van der Waals surface area (Å²) in [5.41, 5.74) is 2.33. The Morgan fingerprint density at radius 2 is 2.09 bits per heavy atom. The molecule has 1 saturated heterocycles. The van der Waals surface area contributed by atoms with E-state index >= 15 is 0 Å². The Hall–Kier alpha value is -3.08. The third kappa shape index (κ3) is 5.21. The number of nitrogens with one attached hydrogen (secondary N) is 1. The van der Waals surface area contributed by atoms with Crippen LogP contribution in [-0.4, -0.2) is 71.9 Å². The van der Waals surface area contributed by atoms with Crippen molar-refractivity contribution in [3.05, 3.63) is 53.1 Å². The zero-order chi connectivity index (χ0) is 22.5. The van der Waals surface area contributed by atoms with E-state index in [-0.39, 0.29) is 36.5 Å². The lowest BCUT2D eigenvalue weighted by Gasteiger charge is -2.30. The van der Waals surface area contributed by atoms with Gasteiger partial charge in [-0.2, -0.15) is 0 Å². The van der Waals surface area contributed by atoms with E-state index < -0.39 is 0 Å². The molecule has 0 aliphatic carbocycles. The van der Waals surface area contributed by atoms with Gasteiger partial charge in [-0.25, -0.2) is 9.97 Å². The van der Waals surface area contributed by atoms with Crippen LogP contribution in [0.4, 0.5) is 0 Å². The molecular formula is C22H26N4O6. The summed E-state index contributed by atoms with van der Waals surface area (Å²) in [4.78, 5) is 26.9. The summed E-state index contributed by atoms with van der Waals surface area (Å²) in [6, 6.07) is 9.09. The van der Waals surface area contributed by atoms with E-state index in [1.54, 1.807) is 20.1 Å². The minimum absolute atomic E-state index is 0.0805. The summed E-state index contributed by atoms with van der Waals surface area (Å²) in [6.45, 7) is 2.61. The van der Waals surface area contributed by atoms with E-state index in [1.807, 2.05) is 24.3 Å². The lowest BCUT2D eigenvalue weighted by Crippen LogP contribution is -2.43. The third-order valence-electron chi connectivity index (χ3n) is 5.26. The van der Waals surface area contributed by atoms with Crippen molar-refractivity contribution in [3.8, 4) is 5.75 Å². The largest absolute Gasteiger partial charge is 0.497 e. The summed E-state index contributed by atoms with van der Waals surface area (Å²) in [5.74, 6) is 0.878. The van der Waals surface area contributed by atoms with Crippen LogP contribution in [0.2, 0.25) is 0 Å². The zero-order valence-corrected chi connectivity index (χ0v) is 18.0. The van der Waals surface area contributed by atoms with Crippen LogP contribution in [0.5, 0.6) is 5.75 Å². The average Bonchev–Trinajstić information content (AvgIpc) is 3.33. The number of nitrogens with zero attached hydrogens (tertiary/aromatic N) is 3. The number of methoxy groups -OCH3 is 1. The molecule has 0 saturated carbocycles. The van der Waals surface area contributed by atoms with Crippen molar-refractivity contribution in [1.29, 1.82) is 0 Å². The summed E-state index contributed by atoms with van der Waals surface area (Å²) in [6.07, 6.45) is -0.437. The fourth-order valence-electron chi connectivity index (χ4n) is 3.51. The Labute approximate surface area is 185 Å². The zero-order valence-electron chi connectivity index (χ0n) is 18.0. The first-order chi connectivity index (χ1) is 15.6. The number of hydrogen-bond acceptors (Lipinski definition) is 9. The molecule has 1 aromatic carbocycles. The van der Waals surface area contributed by atoms with E-state index in [2.05, 4.69) is 20.4 Å². The second-order valence-corrected chi connectivity index (χ2v) is 7.62. The molecule has 1 fully saturated rings. The monoisotopic (exact) mass is 442 g/mol. The molecule has 0 spiro atoms. The van der Waals surface area contributed by atoms with Gasteiger partial charge < -0.3 is 29.5 Å². The number of aryl methyl sites for hydroxylation is 1. The first-order valence-corrected chi connectivity index (χ1v) is 10.4. The fourth-order valence-corrected chi connectivity index (χ4v) is 3.51. The molecule has 2 aliphatic heterocycles. The summed E-state index contributed by atoms with van der Waals surface area (Å²) in [5, 5.41) is 16.2. The molecule has 4 rings (SSSR count). The highest BCUT2D eigenvalue weighted by atomic mass is 16.7. The number of ether oxygens (including phenoxy) is 3. The first-order valence-electron chi connectivity index (χ1n) is 10.4. The molecule has 3 atom stereocenters. The fraction of sp³-hybridized carbons (Fsp3) is 0.455. The van der Waals surface area contributed by atoms with E-state index in [4.69, 9.17) is 24.2 Å². The van der Waals surface area contributed by atoms with Gasteiger partial charge in [0.2, 0.25) is 0 Å². The van der Waals surface area contributed by atoms with Crippen molar-refractivity contribution in [1.82, 2.24) is 15.3 Å². The molecule has 0 bridgehead atoms. The number of amides is 1. The molecule has 0 radical (unpaired) electrons. The van der Waals surface area contributed by atoms with E-state index in [0.29, 0.717) is 43.4 Å². The number of oxime groups is 1. The maximum atomic E-state index is 12.7. The molecule has 2 aromatic rings. The molecule has 1 aromatic heterocycles. The van der Waals surface area contributed by atoms with Crippen LogP contribution in [0.3, 0.4) is 0 Å². The Kier molecular flexibility index (Phi) is 6.93. The van der Waals surface area contributed by atoms with Crippen LogP contribution in [-0.2, 0) is 20.9 Å². The van der Waals surface area contributed by atoms with Crippen LogP contribution in [0.1, 0.15) is 34.0 Å². The second-order valence-electron chi connectivity index (χ2n) is 7.62. The minimum Gasteiger partial charge on any atom is -0.497 e. The number of hydrogen-bond donors (Lipinski definition) is 2. The van der Waals surface area contributed by atoms with Gasteiger partial charge in [0.25, 0.3) is 5.91 Å². The van der Waals surface area contributed by atoms with Crippen LogP contribution < -0.4 is 10.1 Å². The SMILES string of the molecule is COc1cccc(CNC(=O)c2cc(C3=NOC([C@@H]4CO[C@@H](CO)CO4)C3)nc(C)n2)c1. The van der Waals surface area contributed by atoms with Crippen molar-refractivity contribution < 1.29 is 28.9 Å². The first kappa shape index (κ1) is 22.1. The summed E-state index contributed by atoms with van der Waals surface area (Å²) in [7, 11) is 1.60. The normalized spacial score (nSPS) is 22.7. The predicted octanol–water partition coefficient (Wildman–Crippen LogP) is 0.993. The highest BCUT2D eigenvalue weighted by Gasteiger charge is 2.35. The van der Waals surface area contributed by atoms with Gasteiger partial charge in [0.05, 0.1) is 32.6 Å². The Balaban J connectivity index is 1.38. The number of aromatic nitrogens is 2. The van der Waals surface area contributed by atoms with Crippen LogP contribution in [0.15, 0.2) is 35.5 Å². The maximum absolute atomic E-state index is 12.7. The number of aliphatic hydroxyl groups is 1. The predicted molar refractivity (Wildman–Crippen MR) is 114 cm³/mol. The van der Waals surface area contributed by atoms with Gasteiger partial charge >= 0.3 is 0 Å². The van der Waals surface area contributed by atoms with Crippen LogP contribution in [0, 0.1) is 6.92 Å². The van der Waals surface area contributed by atoms with Gasteiger partial charge in [0, 0.05) is 13.0 Å². The number of carbonyl (C=O) groups is 1. The molecule has 10 heteroatoms. The van der Waals surface area contributed by atoms with Crippen LogP contribution in [0.25, 0.3) is 0 Å². The maximum Gasteiger partial charge on any atom is 0.270 e. The molecule has 1 amide bonds. The standard InChI is InChI=1S/C22H26N4O6/c1-13-24-17(18-8-20(32-26-18)21-12-30-16(10-27)11-31-21)7-19(25-13)22(28)23-9-14-4-3-5-15(6-14)29-2/h3-7,16,20-21,27H,8-12H2,1-2H3,(H,23,28)/t16-,20?,21-/m0/s1. The summed E-state index contributed by atoms with van der Waals surface area (Å²) < 4.78 is 16.5. The number of carbonyl (C=O) groups excluding carboxylic acids is 1. The summed E-state index contributed by atoms with van der Waals surface area (Å²) >= 11 is 0. The Bertz CT molecular complexity index is 990. The van der Waals surface area contributed by atoms with Gasteiger partial charge in [-0.05, 0) is 30.7 Å². The topological polar surface area (TPSA) is 124 Å². The van der Waals surface area contributed by atoms with Crippen molar-refractivity contribution >= 4 is 11.6 Å².